The van der Waals surface area contributed by atoms with E-state index in [2.05, 4.69) is 4.74 Å². The molecule has 0 bridgehead atoms. The van der Waals surface area contributed by atoms with E-state index in [-0.39, 0.29) is 12.2 Å². The molecule has 0 aliphatic rings. The Kier molecular flexibility index (Phi) is 4.49. The number of carbonyl (C=O) groups is 2. The number of ether oxygens (including phenoxy) is 1. The molecule has 0 aromatic heterocycles. The second-order valence-electron chi connectivity index (χ2n) is 2.87. The summed E-state index contributed by atoms with van der Waals surface area (Å²) < 4.78 is 18.2. The van der Waals surface area contributed by atoms with Crippen LogP contribution in [0.2, 0.25) is 0 Å². The maximum atomic E-state index is 13.7. The Morgan fingerprint density at radius 1 is 1.44 bits per heavy atom. The highest BCUT2D eigenvalue weighted by atomic mass is 32.2. The SMILES string of the molecule is CCOC(=O)C(=O)c1cccc(SC)c1F. The molecule has 0 saturated heterocycles. The number of hydrogen-bond acceptors (Lipinski definition) is 4. The third-order valence-electron chi connectivity index (χ3n) is 1.89. The normalized spacial score (nSPS) is 9.94. The summed E-state index contributed by atoms with van der Waals surface area (Å²) in [7, 11) is 0. The Morgan fingerprint density at radius 2 is 2.12 bits per heavy atom. The molecule has 5 heteroatoms. The molecular weight excluding hydrogens is 231 g/mol. The van der Waals surface area contributed by atoms with Crippen LogP contribution in [-0.4, -0.2) is 24.6 Å². The van der Waals surface area contributed by atoms with Gasteiger partial charge in [0.1, 0.15) is 5.82 Å². The van der Waals surface area contributed by atoms with Crippen LogP contribution in [0.15, 0.2) is 23.1 Å². The zero-order valence-corrected chi connectivity index (χ0v) is 9.77. The maximum Gasteiger partial charge on any atom is 0.379 e. The molecule has 0 atom stereocenters. The molecule has 0 amide bonds. The highest BCUT2D eigenvalue weighted by Gasteiger charge is 2.22. The number of ketones is 1. The van der Waals surface area contributed by atoms with Crippen molar-refractivity contribution < 1.29 is 18.7 Å². The van der Waals surface area contributed by atoms with Crippen LogP contribution in [0.1, 0.15) is 17.3 Å². The third-order valence-corrected chi connectivity index (χ3v) is 2.64. The van der Waals surface area contributed by atoms with Crippen molar-refractivity contribution in [2.75, 3.05) is 12.9 Å². The topological polar surface area (TPSA) is 43.4 Å². The monoisotopic (exact) mass is 242 g/mol. The van der Waals surface area contributed by atoms with E-state index in [4.69, 9.17) is 0 Å². The maximum absolute atomic E-state index is 13.7. The number of carbonyl (C=O) groups excluding carboxylic acids is 2. The zero-order valence-electron chi connectivity index (χ0n) is 8.95. The predicted octanol–water partition coefficient (Wildman–Crippen LogP) is 2.29. The van der Waals surface area contributed by atoms with Gasteiger partial charge in [-0.2, -0.15) is 0 Å². The summed E-state index contributed by atoms with van der Waals surface area (Å²) in [5.74, 6) is -2.65. The first-order valence-corrected chi connectivity index (χ1v) is 5.88. The van der Waals surface area contributed by atoms with Gasteiger partial charge in [-0.3, -0.25) is 4.79 Å². The van der Waals surface area contributed by atoms with Gasteiger partial charge in [-0.1, -0.05) is 6.07 Å². The summed E-state index contributed by atoms with van der Waals surface area (Å²) in [5.41, 5.74) is -0.245. The first-order chi connectivity index (χ1) is 7.61. The average molecular weight is 242 g/mol. The molecule has 1 rings (SSSR count). The van der Waals surface area contributed by atoms with Gasteiger partial charge in [0, 0.05) is 4.90 Å². The molecule has 0 aliphatic carbocycles. The molecule has 1 aromatic rings. The van der Waals surface area contributed by atoms with Crippen molar-refractivity contribution in [3.05, 3.63) is 29.6 Å². The lowest BCUT2D eigenvalue weighted by atomic mass is 10.1. The summed E-state index contributed by atoms with van der Waals surface area (Å²) in [6.07, 6.45) is 1.69. The van der Waals surface area contributed by atoms with E-state index in [1.165, 1.54) is 23.9 Å². The minimum absolute atomic E-state index is 0.0917. The Morgan fingerprint density at radius 3 is 2.69 bits per heavy atom. The Bertz CT molecular complexity index is 418. The lowest BCUT2D eigenvalue weighted by Crippen LogP contribution is -2.18. The number of halogens is 1. The molecule has 86 valence electrons. The standard InChI is InChI=1S/C11H11FO3S/c1-3-15-11(14)10(13)7-5-4-6-8(16-2)9(7)12/h4-6H,3H2,1-2H3. The second-order valence-corrected chi connectivity index (χ2v) is 3.72. The zero-order chi connectivity index (χ0) is 12.1. The van der Waals surface area contributed by atoms with Gasteiger partial charge in [0.05, 0.1) is 12.2 Å². The van der Waals surface area contributed by atoms with Crippen LogP contribution in [0.4, 0.5) is 4.39 Å². The Labute approximate surface area is 97.0 Å². The Balaban J connectivity index is 3.04. The van der Waals surface area contributed by atoms with Crippen LogP contribution in [0.3, 0.4) is 0 Å². The highest BCUT2D eigenvalue weighted by molar-refractivity contribution is 7.98. The van der Waals surface area contributed by atoms with E-state index in [1.54, 1.807) is 19.2 Å². The second kappa shape index (κ2) is 5.65. The highest BCUT2D eigenvalue weighted by Crippen LogP contribution is 2.22. The molecule has 0 N–H and O–H groups in total. The van der Waals surface area contributed by atoms with Crippen molar-refractivity contribution in [2.45, 2.75) is 11.8 Å². The van der Waals surface area contributed by atoms with Crippen molar-refractivity contribution in [1.29, 1.82) is 0 Å². The van der Waals surface area contributed by atoms with Crippen molar-refractivity contribution in [3.63, 3.8) is 0 Å². The molecular formula is C11H11FO3S. The van der Waals surface area contributed by atoms with Crippen LogP contribution in [0.25, 0.3) is 0 Å². The summed E-state index contributed by atoms with van der Waals surface area (Å²) in [4.78, 5) is 23.0. The fourth-order valence-corrected chi connectivity index (χ4v) is 1.65. The number of hydrogen-bond donors (Lipinski definition) is 0. The average Bonchev–Trinajstić information content (AvgIpc) is 2.29. The number of benzene rings is 1. The largest absolute Gasteiger partial charge is 0.460 e. The number of esters is 1. The minimum Gasteiger partial charge on any atom is -0.460 e. The van der Waals surface area contributed by atoms with Gasteiger partial charge in [0.25, 0.3) is 5.78 Å². The predicted molar refractivity (Wildman–Crippen MR) is 59.1 cm³/mol. The fourth-order valence-electron chi connectivity index (χ4n) is 1.15. The number of rotatable bonds is 4. The lowest BCUT2D eigenvalue weighted by Gasteiger charge is -2.05. The van der Waals surface area contributed by atoms with Gasteiger partial charge < -0.3 is 4.74 Å². The summed E-state index contributed by atoms with van der Waals surface area (Å²) >= 11 is 1.17. The molecule has 0 heterocycles. The third kappa shape index (κ3) is 2.61. The molecule has 0 aliphatic heterocycles. The van der Waals surface area contributed by atoms with E-state index >= 15 is 0 Å². The van der Waals surface area contributed by atoms with E-state index in [0.717, 1.165) is 0 Å². The summed E-state index contributed by atoms with van der Waals surface area (Å²) in [5, 5.41) is 0. The van der Waals surface area contributed by atoms with Gasteiger partial charge in [0.2, 0.25) is 0 Å². The molecule has 3 nitrogen and oxygen atoms in total. The molecule has 1 aromatic carbocycles. The van der Waals surface area contributed by atoms with Gasteiger partial charge in [0.15, 0.2) is 0 Å². The minimum atomic E-state index is -1.03. The lowest BCUT2D eigenvalue weighted by molar-refractivity contribution is -0.137. The van der Waals surface area contributed by atoms with Crippen molar-refractivity contribution in [3.8, 4) is 0 Å². The molecule has 0 spiro atoms. The molecule has 0 fully saturated rings. The first kappa shape index (κ1) is 12.7. The Hall–Kier alpha value is -1.36. The quantitative estimate of drug-likeness (QED) is 0.351. The van der Waals surface area contributed by atoms with E-state index < -0.39 is 17.6 Å². The number of Topliss-reactive ketones (excluding diaryl/α,β-unsaturated/α-hetero) is 1. The van der Waals surface area contributed by atoms with Crippen molar-refractivity contribution in [2.24, 2.45) is 0 Å². The smallest absolute Gasteiger partial charge is 0.379 e. The molecule has 0 radical (unpaired) electrons. The molecule has 0 unspecified atom stereocenters. The van der Waals surface area contributed by atoms with Crippen molar-refractivity contribution in [1.82, 2.24) is 0 Å². The van der Waals surface area contributed by atoms with E-state index in [0.29, 0.717) is 4.90 Å². The van der Waals surface area contributed by atoms with Crippen LogP contribution >= 0.6 is 11.8 Å². The van der Waals surface area contributed by atoms with E-state index in [1.807, 2.05) is 0 Å². The molecule has 16 heavy (non-hydrogen) atoms. The number of thioether (sulfide) groups is 1. The van der Waals surface area contributed by atoms with Gasteiger partial charge in [-0.25, -0.2) is 9.18 Å². The van der Waals surface area contributed by atoms with E-state index in [9.17, 15) is 14.0 Å². The summed E-state index contributed by atoms with van der Waals surface area (Å²) in [6.45, 7) is 1.67. The van der Waals surface area contributed by atoms with Crippen LogP contribution in [-0.2, 0) is 9.53 Å². The van der Waals surface area contributed by atoms with Crippen molar-refractivity contribution >= 4 is 23.5 Å². The van der Waals surface area contributed by atoms with Crippen LogP contribution in [0, 0.1) is 5.82 Å². The van der Waals surface area contributed by atoms with Gasteiger partial charge >= 0.3 is 5.97 Å². The van der Waals surface area contributed by atoms with Crippen LogP contribution < -0.4 is 0 Å². The van der Waals surface area contributed by atoms with Gasteiger partial charge in [-0.15, -0.1) is 11.8 Å². The first-order valence-electron chi connectivity index (χ1n) is 4.65. The van der Waals surface area contributed by atoms with Crippen LogP contribution in [0.5, 0.6) is 0 Å². The van der Waals surface area contributed by atoms with Gasteiger partial charge in [-0.05, 0) is 25.3 Å². The molecule has 0 saturated carbocycles. The summed E-state index contributed by atoms with van der Waals surface area (Å²) in [6, 6.07) is 4.34. The fraction of sp³-hybridized carbons (Fsp3) is 0.273.